The predicted molar refractivity (Wildman–Crippen MR) is 121 cm³/mol. The summed E-state index contributed by atoms with van der Waals surface area (Å²) in [5.41, 5.74) is 13.5. The first kappa shape index (κ1) is 21.3. The van der Waals surface area contributed by atoms with Crippen molar-refractivity contribution >= 4 is 11.7 Å². The lowest BCUT2D eigenvalue weighted by atomic mass is 9.65. The van der Waals surface area contributed by atoms with E-state index in [1.165, 1.54) is 0 Å². The molecule has 3 rings (SSSR count). The van der Waals surface area contributed by atoms with E-state index in [9.17, 15) is 4.79 Å². The maximum absolute atomic E-state index is 14.1. The number of carbonyl (C=O) groups excluding carboxylic acids is 1. The molecule has 0 spiro atoms. The smallest absolute Gasteiger partial charge is 0.185 e. The van der Waals surface area contributed by atoms with E-state index in [1.54, 1.807) is 0 Å². The van der Waals surface area contributed by atoms with Gasteiger partial charge in [-0.3, -0.25) is 10.2 Å². The fourth-order valence-electron chi connectivity index (χ4n) is 3.95. The van der Waals surface area contributed by atoms with Crippen molar-refractivity contribution in [1.29, 1.82) is 5.41 Å². The highest BCUT2D eigenvalue weighted by Crippen LogP contribution is 2.41. The van der Waals surface area contributed by atoms with Gasteiger partial charge >= 0.3 is 0 Å². The summed E-state index contributed by atoms with van der Waals surface area (Å²) in [4.78, 5) is 14.1. The molecule has 0 bridgehead atoms. The Hall–Kier alpha value is -3.44. The average Bonchev–Trinajstić information content (AvgIpc) is 2.79. The molecular weight excluding hydrogens is 372 g/mol. The topological polar surface area (TPSA) is 105 Å². The minimum absolute atomic E-state index is 0.0473. The number of rotatable bonds is 9. The molecule has 0 unspecified atom stereocenters. The van der Waals surface area contributed by atoms with Crippen LogP contribution in [0.5, 0.6) is 0 Å². The van der Waals surface area contributed by atoms with Gasteiger partial charge in [-0.05, 0) is 29.5 Å². The zero-order valence-electron chi connectivity index (χ0n) is 16.9. The van der Waals surface area contributed by atoms with Crippen LogP contribution in [0.3, 0.4) is 0 Å². The lowest BCUT2D eigenvalue weighted by molar-refractivity contribution is -0.123. The van der Waals surface area contributed by atoms with Gasteiger partial charge in [0.1, 0.15) is 5.41 Å². The lowest BCUT2D eigenvalue weighted by Gasteiger charge is -2.36. The van der Waals surface area contributed by atoms with Crippen LogP contribution in [0, 0.1) is 5.41 Å². The Morgan fingerprint density at radius 1 is 0.833 bits per heavy atom. The molecule has 30 heavy (non-hydrogen) atoms. The Kier molecular flexibility index (Phi) is 6.99. The highest BCUT2D eigenvalue weighted by Gasteiger charge is 2.45. The molecule has 0 aromatic heterocycles. The Balaban J connectivity index is 2.09. The van der Waals surface area contributed by atoms with Crippen LogP contribution < -0.4 is 16.8 Å². The number of Topliss-reactive ketones (excluding diaryl/α,β-unsaturated/α-hetero) is 1. The first-order valence-electron chi connectivity index (χ1n) is 10.1. The molecule has 3 aromatic carbocycles. The van der Waals surface area contributed by atoms with Crippen molar-refractivity contribution < 1.29 is 4.79 Å². The lowest BCUT2D eigenvalue weighted by Crippen LogP contribution is -2.48. The third-order valence-corrected chi connectivity index (χ3v) is 5.33. The predicted octanol–water partition coefficient (Wildman–Crippen LogP) is 3.18. The van der Waals surface area contributed by atoms with Crippen molar-refractivity contribution in [1.82, 2.24) is 5.32 Å². The number of nitrogens with two attached hydrogens (primary N) is 2. The molecule has 5 nitrogen and oxygen atoms in total. The molecule has 0 saturated heterocycles. The SMILES string of the molecule is N=C(N)NCCC[C@H](N)C(=O)C(c1ccccc1)(c1ccccc1)c1ccccc1. The highest BCUT2D eigenvalue weighted by atomic mass is 16.1. The van der Waals surface area contributed by atoms with Crippen molar-refractivity contribution in [3.05, 3.63) is 108 Å². The Bertz CT molecular complexity index is 862. The maximum atomic E-state index is 14.1. The van der Waals surface area contributed by atoms with Crippen LogP contribution >= 0.6 is 0 Å². The standard InChI is InChI=1S/C25H28N4O/c26-22(17-10-18-29-24(27)28)23(30)25(19-11-4-1-5-12-19,20-13-6-2-7-14-20)21-15-8-3-9-16-21/h1-9,11-16,22H,10,17-18,26H2,(H4,27,28,29)/t22-/m0/s1. The maximum Gasteiger partial charge on any atom is 0.185 e. The zero-order chi connectivity index (χ0) is 21.4. The molecular formula is C25H28N4O. The van der Waals surface area contributed by atoms with Gasteiger partial charge in [0.15, 0.2) is 11.7 Å². The minimum atomic E-state index is -1.00. The van der Waals surface area contributed by atoms with E-state index >= 15 is 0 Å². The van der Waals surface area contributed by atoms with Crippen LogP contribution in [-0.2, 0) is 10.2 Å². The second kappa shape index (κ2) is 9.85. The normalized spacial score (nSPS) is 12.2. The van der Waals surface area contributed by atoms with E-state index in [1.807, 2.05) is 91.0 Å². The molecule has 0 saturated carbocycles. The number of benzene rings is 3. The fraction of sp³-hybridized carbons (Fsp3) is 0.200. The summed E-state index contributed by atoms with van der Waals surface area (Å²) in [6, 6.07) is 28.8. The second-order valence-electron chi connectivity index (χ2n) is 7.30. The van der Waals surface area contributed by atoms with Gasteiger partial charge in [-0.25, -0.2) is 0 Å². The van der Waals surface area contributed by atoms with E-state index in [4.69, 9.17) is 16.9 Å². The van der Waals surface area contributed by atoms with Crippen molar-refractivity contribution in [3.63, 3.8) is 0 Å². The molecule has 154 valence electrons. The summed E-state index contributed by atoms with van der Waals surface area (Å²) < 4.78 is 0. The molecule has 6 N–H and O–H groups in total. The van der Waals surface area contributed by atoms with Crippen LogP contribution in [-0.4, -0.2) is 24.3 Å². The van der Waals surface area contributed by atoms with Gasteiger partial charge in [0.25, 0.3) is 0 Å². The Morgan fingerprint density at radius 3 is 1.60 bits per heavy atom. The molecule has 0 fully saturated rings. The van der Waals surface area contributed by atoms with Crippen LogP contribution in [0.15, 0.2) is 91.0 Å². The van der Waals surface area contributed by atoms with E-state index in [-0.39, 0.29) is 11.7 Å². The van der Waals surface area contributed by atoms with Gasteiger partial charge in [-0.1, -0.05) is 91.0 Å². The van der Waals surface area contributed by atoms with Crippen LogP contribution in [0.25, 0.3) is 0 Å². The first-order valence-corrected chi connectivity index (χ1v) is 10.1. The van der Waals surface area contributed by atoms with Crippen molar-refractivity contribution in [2.75, 3.05) is 6.54 Å². The Morgan fingerprint density at radius 2 is 1.23 bits per heavy atom. The molecule has 0 aliphatic rings. The number of ketones is 1. The summed E-state index contributed by atoms with van der Waals surface area (Å²) in [7, 11) is 0. The minimum Gasteiger partial charge on any atom is -0.370 e. The molecule has 0 aliphatic carbocycles. The van der Waals surface area contributed by atoms with Crippen molar-refractivity contribution in [2.45, 2.75) is 24.3 Å². The summed E-state index contributed by atoms with van der Waals surface area (Å²) in [5, 5.41) is 10.0. The zero-order valence-corrected chi connectivity index (χ0v) is 16.9. The molecule has 0 amide bonds. The van der Waals surface area contributed by atoms with Crippen LogP contribution in [0.4, 0.5) is 0 Å². The molecule has 1 atom stereocenters. The van der Waals surface area contributed by atoms with Crippen molar-refractivity contribution in [2.24, 2.45) is 11.5 Å². The van der Waals surface area contributed by atoms with E-state index < -0.39 is 11.5 Å². The number of nitrogens with one attached hydrogen (secondary N) is 2. The largest absolute Gasteiger partial charge is 0.370 e. The van der Waals surface area contributed by atoms with Gasteiger partial charge < -0.3 is 16.8 Å². The van der Waals surface area contributed by atoms with E-state index in [0.717, 1.165) is 16.7 Å². The highest BCUT2D eigenvalue weighted by molar-refractivity contribution is 6.01. The third kappa shape index (κ3) is 4.42. The summed E-state index contributed by atoms with van der Waals surface area (Å²) >= 11 is 0. The number of hydrogen-bond donors (Lipinski definition) is 4. The molecule has 0 radical (unpaired) electrons. The Labute approximate surface area is 177 Å². The summed E-state index contributed by atoms with van der Waals surface area (Å²) in [6.07, 6.45) is 1.13. The van der Waals surface area contributed by atoms with Crippen LogP contribution in [0.1, 0.15) is 29.5 Å². The quantitative estimate of drug-likeness (QED) is 0.192. The number of hydrogen-bond acceptors (Lipinski definition) is 3. The number of carbonyl (C=O) groups is 1. The second-order valence-corrected chi connectivity index (χ2v) is 7.30. The monoisotopic (exact) mass is 400 g/mol. The van der Waals surface area contributed by atoms with E-state index in [2.05, 4.69) is 5.32 Å². The van der Waals surface area contributed by atoms with Gasteiger partial charge in [0.2, 0.25) is 0 Å². The van der Waals surface area contributed by atoms with Gasteiger partial charge in [0, 0.05) is 6.54 Å². The first-order chi connectivity index (χ1) is 14.6. The fourth-order valence-corrected chi connectivity index (χ4v) is 3.95. The molecule has 0 heterocycles. The van der Waals surface area contributed by atoms with Gasteiger partial charge in [0.05, 0.1) is 6.04 Å². The average molecular weight is 401 g/mol. The van der Waals surface area contributed by atoms with Gasteiger partial charge in [-0.2, -0.15) is 0 Å². The molecule has 0 aliphatic heterocycles. The summed E-state index contributed by atoms with van der Waals surface area (Å²) in [5.74, 6) is -0.129. The van der Waals surface area contributed by atoms with E-state index in [0.29, 0.717) is 19.4 Å². The molecule has 3 aromatic rings. The van der Waals surface area contributed by atoms with Crippen molar-refractivity contribution in [3.8, 4) is 0 Å². The summed E-state index contributed by atoms with van der Waals surface area (Å²) in [6.45, 7) is 0.505. The third-order valence-electron chi connectivity index (χ3n) is 5.33. The molecule has 5 heteroatoms. The van der Waals surface area contributed by atoms with Gasteiger partial charge in [-0.15, -0.1) is 0 Å². The van der Waals surface area contributed by atoms with Crippen LogP contribution in [0.2, 0.25) is 0 Å². The number of guanidine groups is 1.